The molecule has 0 aliphatic heterocycles. The summed E-state index contributed by atoms with van der Waals surface area (Å²) in [6.45, 7) is 0. The van der Waals surface area contributed by atoms with Crippen molar-refractivity contribution in [3.63, 3.8) is 0 Å². The summed E-state index contributed by atoms with van der Waals surface area (Å²) in [4.78, 5) is 45.9. The fourth-order valence-electron chi connectivity index (χ4n) is 11.5. The Morgan fingerprint density at radius 1 is 0.500 bits per heavy atom. The normalized spacial score (nSPS) is 25.5. The highest BCUT2D eigenvalue weighted by molar-refractivity contribution is 6.03. The Morgan fingerprint density at radius 3 is 1.47 bits per heavy atom. The number of hydrogen-bond acceptors (Lipinski definition) is 12. The number of hydrazone groups is 1. The molecule has 4 aromatic rings. The van der Waals surface area contributed by atoms with E-state index in [4.69, 9.17) is 5.10 Å². The quantitative estimate of drug-likeness (QED) is 0.100. The molecule has 0 radical (unpaired) electrons. The van der Waals surface area contributed by atoms with Crippen molar-refractivity contribution in [3.8, 4) is 0 Å². The summed E-state index contributed by atoms with van der Waals surface area (Å²) in [5.74, 6) is 1.95. The van der Waals surface area contributed by atoms with Gasteiger partial charge >= 0.3 is 11.4 Å². The summed E-state index contributed by atoms with van der Waals surface area (Å²) in [6.07, 6.45) is 19.6. The van der Waals surface area contributed by atoms with Gasteiger partial charge in [-0.1, -0.05) is 126 Å². The average molecular weight is 901 g/mol. The first kappa shape index (κ1) is 46.2. The number of hydrazine groups is 1. The number of non-ortho nitro benzene ring substituents is 2. The molecule has 8 bridgehead atoms. The van der Waals surface area contributed by atoms with Crippen molar-refractivity contribution in [2.75, 3.05) is 10.9 Å². The molecule has 66 heavy (non-hydrogen) atoms. The Morgan fingerprint density at radius 2 is 0.955 bits per heavy atom. The second-order valence-electron chi connectivity index (χ2n) is 19.2. The lowest BCUT2D eigenvalue weighted by molar-refractivity contribution is -0.393. The van der Waals surface area contributed by atoms with Crippen LogP contribution in [0.1, 0.15) is 131 Å². The van der Waals surface area contributed by atoms with E-state index in [2.05, 4.69) is 64.8 Å². The molecule has 10 aliphatic carbocycles. The smallest absolute Gasteiger partial charge is 0.301 e. The highest BCUT2D eigenvalue weighted by Gasteiger charge is 2.45. The molecule has 2 saturated carbocycles. The first-order valence-corrected chi connectivity index (χ1v) is 23.9. The monoisotopic (exact) mass is 900 g/mol. The van der Waals surface area contributed by atoms with Gasteiger partial charge in [-0.3, -0.25) is 45.9 Å². The van der Waals surface area contributed by atoms with E-state index in [1.165, 1.54) is 86.8 Å². The van der Waals surface area contributed by atoms with E-state index < -0.39 is 53.9 Å². The number of rotatable bonds is 10. The molecule has 10 aliphatic rings. The van der Waals surface area contributed by atoms with Crippen LogP contribution in [0, 0.1) is 70.0 Å². The van der Waals surface area contributed by atoms with E-state index >= 15 is 0 Å². The standard InChI is InChI=1S/C50H60N8O8/c59-55(60)42-26-29-45(47(32-42)57(63)64)51-53-49-40-22-17-36(18-23-40)6-1-4-35-13-15-39(16-14-35)21-28-44(49)50(54-52-46-30-27-43(56(61)62)33-48(46)58(65)66)31-3-8-38-11-9-34(10-12-38)5-2-7-37-19-24-41(50)25-20-37/h17-20,22-27,29-30,32-35,38-39,44,51-52,54H,1-16,21,28,31H2/b53-49-/t34?,35?,38?,39?,44-,50-/m1/s1. The van der Waals surface area contributed by atoms with Crippen molar-refractivity contribution in [2.45, 2.75) is 128 Å². The maximum atomic E-state index is 12.6. The van der Waals surface area contributed by atoms with E-state index in [9.17, 15) is 40.5 Å². The Bertz CT molecular complexity index is 2410. The van der Waals surface area contributed by atoms with Crippen molar-refractivity contribution in [1.82, 2.24) is 5.43 Å². The van der Waals surface area contributed by atoms with Crippen LogP contribution in [0.25, 0.3) is 0 Å². The Balaban J connectivity index is 1.33. The second-order valence-corrected chi connectivity index (χ2v) is 19.2. The summed E-state index contributed by atoms with van der Waals surface area (Å²) in [6, 6.07) is 24.0. The molecule has 0 spiro atoms. The van der Waals surface area contributed by atoms with Gasteiger partial charge in [0.25, 0.3) is 11.4 Å². The molecule has 0 saturated heterocycles. The molecule has 0 aromatic heterocycles. The van der Waals surface area contributed by atoms with Crippen molar-refractivity contribution < 1.29 is 19.7 Å². The van der Waals surface area contributed by atoms with Crippen LogP contribution >= 0.6 is 0 Å². The number of benzene rings is 4. The van der Waals surface area contributed by atoms with Gasteiger partial charge in [-0.25, -0.2) is 5.43 Å². The Hall–Kier alpha value is -6.29. The van der Waals surface area contributed by atoms with Gasteiger partial charge in [-0.2, -0.15) is 5.10 Å². The van der Waals surface area contributed by atoms with E-state index in [1.807, 2.05) is 0 Å². The molecule has 4 aromatic carbocycles. The van der Waals surface area contributed by atoms with Crippen LogP contribution in [-0.2, 0) is 18.4 Å². The molecule has 14 rings (SSSR count). The lowest BCUT2D eigenvalue weighted by Gasteiger charge is -2.44. The van der Waals surface area contributed by atoms with Crippen LogP contribution in [-0.4, -0.2) is 25.4 Å². The van der Waals surface area contributed by atoms with Crippen LogP contribution in [0.4, 0.5) is 34.1 Å². The van der Waals surface area contributed by atoms with Crippen LogP contribution in [0.15, 0.2) is 90.0 Å². The summed E-state index contributed by atoms with van der Waals surface area (Å²) < 4.78 is 0. The van der Waals surface area contributed by atoms with Gasteiger partial charge in [0.2, 0.25) is 0 Å². The van der Waals surface area contributed by atoms with Crippen molar-refractivity contribution >= 4 is 39.8 Å². The molecular formula is C50H60N8O8. The number of nitro groups is 4. The zero-order valence-electron chi connectivity index (χ0n) is 37.4. The minimum atomic E-state index is -1.03. The number of nitrogens with one attached hydrogen (secondary N) is 3. The second kappa shape index (κ2) is 20.9. The zero-order chi connectivity index (χ0) is 46.2. The number of hydrogen-bond donors (Lipinski definition) is 3. The summed E-state index contributed by atoms with van der Waals surface area (Å²) in [7, 11) is 0. The molecular weight excluding hydrogens is 841 g/mol. The number of anilines is 2. The highest BCUT2D eigenvalue weighted by Crippen LogP contribution is 2.45. The summed E-state index contributed by atoms with van der Waals surface area (Å²) in [5, 5.41) is 53.7. The van der Waals surface area contributed by atoms with E-state index in [0.29, 0.717) is 36.3 Å². The Labute approximate surface area is 384 Å². The topological polar surface area (TPSA) is 221 Å². The molecule has 16 nitrogen and oxygen atoms in total. The fraction of sp³-hybridized carbons (Fsp3) is 0.500. The fourth-order valence-corrected chi connectivity index (χ4v) is 11.5. The Kier molecular flexibility index (Phi) is 14.6. The zero-order valence-corrected chi connectivity index (χ0v) is 37.4. The first-order chi connectivity index (χ1) is 32.0. The van der Waals surface area contributed by atoms with Gasteiger partial charge in [0.1, 0.15) is 11.4 Å². The molecule has 3 N–H and O–H groups in total. The summed E-state index contributed by atoms with van der Waals surface area (Å²) in [5.41, 5.74) is 12.0. The van der Waals surface area contributed by atoms with E-state index in [0.717, 1.165) is 87.0 Å². The third kappa shape index (κ3) is 10.9. The summed E-state index contributed by atoms with van der Waals surface area (Å²) >= 11 is 0. The predicted molar refractivity (Wildman–Crippen MR) is 254 cm³/mol. The third-order valence-electron chi connectivity index (χ3n) is 15.3. The van der Waals surface area contributed by atoms with Gasteiger partial charge in [0.15, 0.2) is 0 Å². The molecule has 348 valence electrons. The van der Waals surface area contributed by atoms with Crippen LogP contribution in [0.3, 0.4) is 0 Å². The number of aryl methyl sites for hydroxylation is 2. The maximum absolute atomic E-state index is 12.6. The van der Waals surface area contributed by atoms with E-state index in [-0.39, 0.29) is 11.4 Å². The maximum Gasteiger partial charge on any atom is 0.301 e. The van der Waals surface area contributed by atoms with Gasteiger partial charge in [0, 0.05) is 18.1 Å². The predicted octanol–water partition coefficient (Wildman–Crippen LogP) is 12.5. The van der Waals surface area contributed by atoms with Crippen LogP contribution < -0.4 is 16.3 Å². The van der Waals surface area contributed by atoms with Gasteiger partial charge in [-0.05, 0) is 103 Å². The SMILES string of the molecule is O=[N+]([O-])c1ccc(N/N=C2/c3ccc(cc3)CCCC3CCC(CC3)CC[C@H]2[C@@]2(NNc3ccc([N+](=O)[O-])cc3[N+](=O)[O-])CCCC3CCC(CCCc4ccc2cc4)CC3)c([N+](=O)[O-])c1. The molecule has 0 amide bonds. The van der Waals surface area contributed by atoms with Crippen molar-refractivity contribution in [2.24, 2.45) is 34.7 Å². The van der Waals surface area contributed by atoms with Crippen LogP contribution in [0.2, 0.25) is 0 Å². The van der Waals surface area contributed by atoms with Crippen molar-refractivity contribution in [3.05, 3.63) is 148 Å². The molecule has 0 unspecified atom stereocenters. The number of nitrogens with zero attached hydrogens (tertiary/aromatic N) is 5. The third-order valence-corrected chi connectivity index (χ3v) is 15.3. The van der Waals surface area contributed by atoms with Gasteiger partial charge in [-0.15, -0.1) is 0 Å². The highest BCUT2D eigenvalue weighted by atomic mass is 16.6. The molecule has 2 fully saturated rings. The average Bonchev–Trinajstić information content (AvgIpc) is 3.34. The first-order valence-electron chi connectivity index (χ1n) is 23.9. The minimum Gasteiger partial charge on any atom is -0.315 e. The number of nitro benzene ring substituents is 4. The van der Waals surface area contributed by atoms with Crippen LogP contribution in [0.5, 0.6) is 0 Å². The lowest BCUT2D eigenvalue weighted by Crippen LogP contribution is -2.54. The van der Waals surface area contributed by atoms with E-state index in [1.54, 1.807) is 0 Å². The molecule has 0 heterocycles. The van der Waals surface area contributed by atoms with Gasteiger partial charge in [0.05, 0.1) is 43.1 Å². The minimum absolute atomic E-state index is 0.00801. The largest absolute Gasteiger partial charge is 0.315 e. The van der Waals surface area contributed by atoms with Gasteiger partial charge < -0.3 is 5.43 Å². The molecule has 2 atom stereocenters. The van der Waals surface area contributed by atoms with Crippen molar-refractivity contribution in [1.29, 1.82) is 0 Å². The lowest BCUT2D eigenvalue weighted by atomic mass is 9.67. The molecule has 16 heteroatoms.